The van der Waals surface area contributed by atoms with Crippen molar-refractivity contribution in [3.63, 3.8) is 0 Å². The fourth-order valence-electron chi connectivity index (χ4n) is 3.86. The van der Waals surface area contributed by atoms with Gasteiger partial charge < -0.3 is 14.5 Å². The van der Waals surface area contributed by atoms with Crippen LogP contribution in [0.3, 0.4) is 0 Å². The Kier molecular flexibility index (Phi) is 6.14. The van der Waals surface area contributed by atoms with Gasteiger partial charge in [0.1, 0.15) is 5.75 Å². The molecule has 1 aromatic rings. The quantitative estimate of drug-likeness (QED) is 0.772. The third-order valence-corrected chi connectivity index (χ3v) is 5.30. The third-order valence-electron chi connectivity index (χ3n) is 5.30. The number of hydrogen-bond acceptors (Lipinski definition) is 4. The number of para-hydroxylation sites is 1. The lowest BCUT2D eigenvalue weighted by Crippen LogP contribution is -2.48. The van der Waals surface area contributed by atoms with Crippen molar-refractivity contribution in [3.05, 3.63) is 30.3 Å². The van der Waals surface area contributed by atoms with E-state index in [0.29, 0.717) is 25.5 Å². The number of fused-ring (bicyclic) bond motifs is 4. The molecule has 3 saturated heterocycles. The number of benzene rings is 1. The summed E-state index contributed by atoms with van der Waals surface area (Å²) < 4.78 is 5.67. The highest BCUT2D eigenvalue weighted by molar-refractivity contribution is 5.78. The highest BCUT2D eigenvalue weighted by Gasteiger charge is 2.37. The van der Waals surface area contributed by atoms with Crippen LogP contribution in [0.1, 0.15) is 19.3 Å². The smallest absolute Gasteiger partial charge is 0.236 e. The van der Waals surface area contributed by atoms with Crippen molar-refractivity contribution in [3.8, 4) is 5.75 Å². The van der Waals surface area contributed by atoms with Crippen LogP contribution in [0.4, 0.5) is 0 Å². The van der Waals surface area contributed by atoms with E-state index in [-0.39, 0.29) is 17.9 Å². The summed E-state index contributed by atoms with van der Waals surface area (Å²) in [5, 5.41) is 0. The Morgan fingerprint density at radius 3 is 2.62 bits per heavy atom. The fraction of sp³-hybridized carbons (Fsp3) is 0.600. The molecule has 0 saturated carbocycles. The summed E-state index contributed by atoms with van der Waals surface area (Å²) in [4.78, 5) is 30.6. The van der Waals surface area contributed by atoms with E-state index in [1.807, 2.05) is 35.2 Å². The molecule has 6 nitrogen and oxygen atoms in total. The first-order chi connectivity index (χ1) is 12.5. The van der Waals surface area contributed by atoms with E-state index in [9.17, 15) is 9.59 Å². The van der Waals surface area contributed by atoms with Crippen molar-refractivity contribution >= 4 is 11.8 Å². The van der Waals surface area contributed by atoms with Crippen molar-refractivity contribution in [1.82, 2.24) is 14.7 Å². The molecule has 0 spiro atoms. The number of amides is 2. The molecular weight excluding hydrogens is 330 g/mol. The van der Waals surface area contributed by atoms with Gasteiger partial charge in [0.05, 0.1) is 19.6 Å². The molecule has 2 amide bonds. The molecule has 26 heavy (non-hydrogen) atoms. The first kappa shape index (κ1) is 18.7. The van der Waals surface area contributed by atoms with Gasteiger partial charge in [-0.25, -0.2) is 0 Å². The Labute approximate surface area is 155 Å². The predicted molar refractivity (Wildman–Crippen MR) is 99.9 cm³/mol. The summed E-state index contributed by atoms with van der Waals surface area (Å²) in [5.41, 5.74) is 0. The maximum Gasteiger partial charge on any atom is 0.236 e. The van der Waals surface area contributed by atoms with Crippen molar-refractivity contribution in [2.24, 2.45) is 5.92 Å². The van der Waals surface area contributed by atoms with Gasteiger partial charge in [0.2, 0.25) is 11.8 Å². The highest BCUT2D eigenvalue weighted by Crippen LogP contribution is 2.28. The average molecular weight is 359 g/mol. The van der Waals surface area contributed by atoms with E-state index < -0.39 is 0 Å². The molecule has 3 fully saturated rings. The normalized spacial score (nSPS) is 22.8. The third kappa shape index (κ3) is 4.75. The Bertz CT molecular complexity index is 620. The molecule has 0 radical (unpaired) electrons. The number of hydrogen-bond donors (Lipinski definition) is 0. The van der Waals surface area contributed by atoms with Crippen molar-refractivity contribution in [1.29, 1.82) is 0 Å². The zero-order chi connectivity index (χ0) is 18.5. The molecule has 0 aliphatic carbocycles. The van der Waals surface area contributed by atoms with Crippen molar-refractivity contribution in [2.45, 2.75) is 25.3 Å². The number of carbonyl (C=O) groups excluding carboxylic acids is 2. The standard InChI is InChI=1S/C20H29N3O3/c1-21(2)20(25)15-22-12-16-8-9-17(14-22)23(13-16)19(24)10-11-26-18-6-4-3-5-7-18/h3-7,16-17H,8-15H2,1-2H3/t16-,17+/m1/s1. The van der Waals surface area contributed by atoms with Crippen LogP contribution in [-0.4, -0.2) is 79.4 Å². The average Bonchev–Trinajstić information content (AvgIpc) is 2.93. The van der Waals surface area contributed by atoms with E-state index in [2.05, 4.69) is 4.90 Å². The van der Waals surface area contributed by atoms with E-state index in [0.717, 1.165) is 38.2 Å². The molecule has 0 N–H and O–H groups in total. The minimum atomic E-state index is 0.125. The molecule has 6 heteroatoms. The van der Waals surface area contributed by atoms with Crippen LogP contribution in [0, 0.1) is 5.92 Å². The van der Waals surface area contributed by atoms with Crippen molar-refractivity contribution in [2.75, 3.05) is 46.9 Å². The van der Waals surface area contributed by atoms with Crippen LogP contribution in [0.25, 0.3) is 0 Å². The predicted octanol–water partition coefficient (Wildman–Crippen LogP) is 1.47. The van der Waals surface area contributed by atoms with Gasteiger partial charge in [-0.15, -0.1) is 0 Å². The number of likely N-dealkylation sites (N-methyl/N-ethyl adjacent to an activating group) is 1. The minimum absolute atomic E-state index is 0.125. The summed E-state index contributed by atoms with van der Waals surface area (Å²) in [6, 6.07) is 9.81. The molecule has 2 bridgehead atoms. The summed E-state index contributed by atoms with van der Waals surface area (Å²) in [5.74, 6) is 1.55. The molecule has 3 heterocycles. The summed E-state index contributed by atoms with van der Waals surface area (Å²) in [6.07, 6.45) is 2.57. The second kappa shape index (κ2) is 8.54. The van der Waals surface area contributed by atoms with Crippen LogP contribution in [-0.2, 0) is 9.59 Å². The van der Waals surface area contributed by atoms with Gasteiger partial charge in [-0.2, -0.15) is 0 Å². The Morgan fingerprint density at radius 2 is 1.88 bits per heavy atom. The fourth-order valence-corrected chi connectivity index (χ4v) is 3.86. The summed E-state index contributed by atoms with van der Waals surface area (Å²) in [6.45, 7) is 3.35. The van der Waals surface area contributed by atoms with Gasteiger partial charge in [0, 0.05) is 39.8 Å². The topological polar surface area (TPSA) is 53.1 Å². The van der Waals surface area contributed by atoms with E-state index in [1.54, 1.807) is 19.0 Å². The van der Waals surface area contributed by atoms with Crippen LogP contribution in [0.15, 0.2) is 30.3 Å². The van der Waals surface area contributed by atoms with Gasteiger partial charge in [-0.3, -0.25) is 14.5 Å². The number of piperidine rings is 1. The maximum absolute atomic E-state index is 12.7. The van der Waals surface area contributed by atoms with Gasteiger partial charge in [-0.05, 0) is 30.9 Å². The maximum atomic E-state index is 12.7. The van der Waals surface area contributed by atoms with Gasteiger partial charge in [0.15, 0.2) is 0 Å². The highest BCUT2D eigenvalue weighted by atomic mass is 16.5. The molecule has 1 aromatic carbocycles. The van der Waals surface area contributed by atoms with Crippen LogP contribution < -0.4 is 4.74 Å². The first-order valence-electron chi connectivity index (χ1n) is 9.42. The Morgan fingerprint density at radius 1 is 1.12 bits per heavy atom. The van der Waals surface area contributed by atoms with Crippen LogP contribution in [0.5, 0.6) is 5.75 Å². The zero-order valence-corrected chi connectivity index (χ0v) is 15.8. The lowest BCUT2D eigenvalue weighted by molar-refractivity contribution is -0.135. The van der Waals surface area contributed by atoms with Gasteiger partial charge in [0.25, 0.3) is 0 Å². The summed E-state index contributed by atoms with van der Waals surface area (Å²) >= 11 is 0. The largest absolute Gasteiger partial charge is 0.493 e. The van der Waals surface area contributed by atoms with Gasteiger partial charge >= 0.3 is 0 Å². The number of carbonyl (C=O) groups is 2. The molecule has 3 aliphatic rings. The van der Waals surface area contributed by atoms with E-state index >= 15 is 0 Å². The lowest BCUT2D eigenvalue weighted by Gasteiger charge is -2.36. The number of rotatable bonds is 6. The molecule has 0 unspecified atom stereocenters. The second-order valence-corrected chi connectivity index (χ2v) is 7.54. The SMILES string of the molecule is CN(C)C(=O)CN1C[C@H]2CC[C@@H](C1)N(C(=O)CCOc1ccccc1)C2. The van der Waals surface area contributed by atoms with Crippen molar-refractivity contribution < 1.29 is 14.3 Å². The minimum Gasteiger partial charge on any atom is -0.493 e. The van der Waals surface area contributed by atoms with E-state index in [1.165, 1.54) is 0 Å². The Balaban J connectivity index is 1.52. The first-order valence-corrected chi connectivity index (χ1v) is 9.42. The molecular formula is C20H29N3O3. The zero-order valence-electron chi connectivity index (χ0n) is 15.8. The van der Waals surface area contributed by atoms with E-state index in [4.69, 9.17) is 4.74 Å². The van der Waals surface area contributed by atoms with Crippen LogP contribution in [0.2, 0.25) is 0 Å². The van der Waals surface area contributed by atoms with Crippen LogP contribution >= 0.6 is 0 Å². The lowest BCUT2D eigenvalue weighted by atomic mass is 9.95. The molecule has 3 aliphatic heterocycles. The molecule has 4 rings (SSSR count). The molecule has 0 aromatic heterocycles. The van der Waals surface area contributed by atoms with Gasteiger partial charge in [-0.1, -0.05) is 18.2 Å². The molecule has 142 valence electrons. The second-order valence-electron chi connectivity index (χ2n) is 7.54. The molecule has 2 atom stereocenters. The number of nitrogens with zero attached hydrogens (tertiary/aromatic N) is 3. The summed E-state index contributed by atoms with van der Waals surface area (Å²) in [7, 11) is 3.58. The Hall–Kier alpha value is -2.08. The number of ether oxygens (including phenoxy) is 1. The monoisotopic (exact) mass is 359 g/mol.